The molecule has 6 nitrogen and oxygen atoms in total. The Balaban J connectivity index is 1.83. The molecule has 3 rings (SSSR count). The second-order valence-electron chi connectivity index (χ2n) is 7.56. The van der Waals surface area contributed by atoms with E-state index in [0.29, 0.717) is 13.0 Å². The lowest BCUT2D eigenvalue weighted by Crippen LogP contribution is -2.47. The number of para-hydroxylation sites is 1. The second-order valence-corrected chi connectivity index (χ2v) is 7.56. The van der Waals surface area contributed by atoms with E-state index in [1.54, 1.807) is 20.8 Å². The van der Waals surface area contributed by atoms with Crippen molar-refractivity contribution < 1.29 is 19.4 Å². The highest BCUT2D eigenvalue weighted by molar-refractivity contribution is 5.85. The van der Waals surface area contributed by atoms with Gasteiger partial charge in [0.1, 0.15) is 5.60 Å². The fourth-order valence-corrected chi connectivity index (χ4v) is 3.47. The maximum Gasteiger partial charge on any atom is 0.410 e. The summed E-state index contributed by atoms with van der Waals surface area (Å²) in [5.74, 6) is -1.67. The highest BCUT2D eigenvalue weighted by Gasteiger charge is 2.39. The van der Waals surface area contributed by atoms with Crippen LogP contribution < -0.4 is 0 Å². The van der Waals surface area contributed by atoms with E-state index in [9.17, 15) is 14.7 Å². The van der Waals surface area contributed by atoms with Crippen LogP contribution in [-0.4, -0.2) is 45.7 Å². The third kappa shape index (κ3) is 3.62. The van der Waals surface area contributed by atoms with Gasteiger partial charge in [0, 0.05) is 36.1 Å². The van der Waals surface area contributed by atoms with E-state index in [1.165, 1.54) is 4.90 Å². The number of amides is 1. The van der Waals surface area contributed by atoms with Crippen molar-refractivity contribution in [3.05, 3.63) is 36.0 Å². The Morgan fingerprint density at radius 1 is 1.28 bits per heavy atom. The van der Waals surface area contributed by atoms with E-state index in [-0.39, 0.29) is 12.5 Å². The van der Waals surface area contributed by atoms with Gasteiger partial charge in [-0.15, -0.1) is 0 Å². The molecule has 1 saturated heterocycles. The summed E-state index contributed by atoms with van der Waals surface area (Å²) in [4.78, 5) is 28.9. The molecule has 134 valence electrons. The van der Waals surface area contributed by atoms with Crippen LogP contribution in [0.25, 0.3) is 10.9 Å². The molecule has 2 aromatic rings. The Kier molecular flexibility index (Phi) is 4.45. The molecule has 1 unspecified atom stereocenters. The number of aromatic nitrogens is 1. The van der Waals surface area contributed by atoms with Gasteiger partial charge in [0.05, 0.1) is 5.92 Å². The van der Waals surface area contributed by atoms with E-state index in [0.717, 1.165) is 16.5 Å². The molecule has 2 heterocycles. The number of ether oxygens (including phenoxy) is 1. The van der Waals surface area contributed by atoms with E-state index in [1.807, 2.05) is 30.5 Å². The first kappa shape index (κ1) is 17.3. The summed E-state index contributed by atoms with van der Waals surface area (Å²) in [6.07, 6.45) is 2.04. The van der Waals surface area contributed by atoms with Crippen molar-refractivity contribution in [1.82, 2.24) is 9.88 Å². The fraction of sp³-hybridized carbons (Fsp3) is 0.474. The summed E-state index contributed by atoms with van der Waals surface area (Å²) in [5, 5.41) is 10.8. The Hall–Kier alpha value is -2.50. The number of aromatic amines is 1. The van der Waals surface area contributed by atoms with Crippen molar-refractivity contribution in [3.8, 4) is 0 Å². The SMILES string of the molecule is CC(C)(C)OC(=O)N1CC[C@H](c2c[nH]c3ccccc23)C(C(=O)O)C1. The predicted molar refractivity (Wildman–Crippen MR) is 94.6 cm³/mol. The number of nitrogens with one attached hydrogen (secondary N) is 1. The highest BCUT2D eigenvalue weighted by atomic mass is 16.6. The molecule has 0 aliphatic carbocycles. The molecule has 6 heteroatoms. The standard InChI is InChI=1S/C19H24N2O4/c1-19(2,3)25-18(24)21-9-8-12(15(11-21)17(22)23)14-10-20-16-7-5-4-6-13(14)16/h4-7,10,12,15,20H,8-9,11H2,1-3H3,(H,22,23)/t12-,15?/m1/s1. The van der Waals surface area contributed by atoms with Gasteiger partial charge in [0.15, 0.2) is 0 Å². The number of carboxylic acids is 1. The zero-order valence-corrected chi connectivity index (χ0v) is 14.8. The van der Waals surface area contributed by atoms with Crippen LogP contribution in [0.3, 0.4) is 0 Å². The molecule has 1 aromatic carbocycles. The van der Waals surface area contributed by atoms with Crippen molar-refractivity contribution in [2.24, 2.45) is 5.92 Å². The van der Waals surface area contributed by atoms with Crippen molar-refractivity contribution in [3.63, 3.8) is 0 Å². The van der Waals surface area contributed by atoms with E-state index in [2.05, 4.69) is 4.98 Å². The minimum Gasteiger partial charge on any atom is -0.481 e. The number of carbonyl (C=O) groups is 2. The van der Waals surface area contributed by atoms with Gasteiger partial charge in [-0.2, -0.15) is 0 Å². The Morgan fingerprint density at radius 2 is 2.00 bits per heavy atom. The largest absolute Gasteiger partial charge is 0.481 e. The minimum absolute atomic E-state index is 0.132. The van der Waals surface area contributed by atoms with Gasteiger partial charge in [-0.25, -0.2) is 4.79 Å². The molecule has 1 aliphatic heterocycles. The molecule has 25 heavy (non-hydrogen) atoms. The Labute approximate surface area is 146 Å². The minimum atomic E-state index is -0.886. The average Bonchev–Trinajstić information content (AvgIpc) is 2.96. The number of aliphatic carboxylic acids is 1. The molecule has 1 aliphatic rings. The first-order valence-corrected chi connectivity index (χ1v) is 8.53. The van der Waals surface area contributed by atoms with Gasteiger partial charge >= 0.3 is 12.1 Å². The Morgan fingerprint density at radius 3 is 2.68 bits per heavy atom. The summed E-state index contributed by atoms with van der Waals surface area (Å²) in [6, 6.07) is 7.87. The number of carbonyl (C=O) groups excluding carboxylic acids is 1. The molecule has 0 spiro atoms. The van der Waals surface area contributed by atoms with E-state index in [4.69, 9.17) is 4.74 Å². The van der Waals surface area contributed by atoms with Crippen molar-refractivity contribution in [2.45, 2.75) is 38.7 Å². The predicted octanol–water partition coefficient (Wildman–Crippen LogP) is 3.59. The molecular formula is C19H24N2O4. The fourth-order valence-electron chi connectivity index (χ4n) is 3.47. The van der Waals surface area contributed by atoms with Crippen LogP contribution in [0.15, 0.2) is 30.5 Å². The van der Waals surface area contributed by atoms with Gasteiger partial charge in [-0.3, -0.25) is 4.79 Å². The van der Waals surface area contributed by atoms with Crippen LogP contribution in [-0.2, 0) is 9.53 Å². The molecule has 2 atom stereocenters. The molecular weight excluding hydrogens is 320 g/mol. The van der Waals surface area contributed by atoms with Crippen LogP contribution >= 0.6 is 0 Å². The lowest BCUT2D eigenvalue weighted by atomic mass is 9.80. The summed E-state index contributed by atoms with van der Waals surface area (Å²) < 4.78 is 5.39. The monoisotopic (exact) mass is 344 g/mol. The quantitative estimate of drug-likeness (QED) is 0.872. The number of hydrogen-bond donors (Lipinski definition) is 2. The number of carboxylic acid groups (broad SMARTS) is 1. The number of H-pyrrole nitrogens is 1. The molecule has 0 radical (unpaired) electrons. The van der Waals surface area contributed by atoms with Crippen molar-refractivity contribution >= 4 is 23.0 Å². The number of hydrogen-bond acceptors (Lipinski definition) is 3. The van der Waals surface area contributed by atoms with Gasteiger partial charge in [0.2, 0.25) is 0 Å². The van der Waals surface area contributed by atoms with Gasteiger partial charge in [-0.1, -0.05) is 18.2 Å². The summed E-state index contributed by atoms with van der Waals surface area (Å²) >= 11 is 0. The zero-order chi connectivity index (χ0) is 18.2. The van der Waals surface area contributed by atoms with Gasteiger partial charge in [-0.05, 0) is 38.8 Å². The van der Waals surface area contributed by atoms with Crippen LogP contribution in [0.5, 0.6) is 0 Å². The molecule has 1 amide bonds. The summed E-state index contributed by atoms with van der Waals surface area (Å²) in [6.45, 7) is 6.06. The maximum absolute atomic E-state index is 12.3. The average molecular weight is 344 g/mol. The normalized spacial score (nSPS) is 21.3. The van der Waals surface area contributed by atoms with Crippen molar-refractivity contribution in [2.75, 3.05) is 13.1 Å². The molecule has 2 N–H and O–H groups in total. The van der Waals surface area contributed by atoms with Crippen LogP contribution in [0.4, 0.5) is 4.79 Å². The smallest absolute Gasteiger partial charge is 0.410 e. The summed E-state index contributed by atoms with van der Waals surface area (Å²) in [5.41, 5.74) is 1.41. The van der Waals surface area contributed by atoms with Crippen molar-refractivity contribution in [1.29, 1.82) is 0 Å². The highest BCUT2D eigenvalue weighted by Crippen LogP contribution is 2.37. The van der Waals surface area contributed by atoms with Gasteiger partial charge < -0.3 is 19.7 Å². The third-order valence-electron chi connectivity index (χ3n) is 4.60. The zero-order valence-electron chi connectivity index (χ0n) is 14.8. The lowest BCUT2D eigenvalue weighted by molar-refractivity contribution is -0.144. The van der Waals surface area contributed by atoms with Crippen LogP contribution in [0.1, 0.15) is 38.7 Å². The van der Waals surface area contributed by atoms with E-state index < -0.39 is 23.6 Å². The first-order valence-electron chi connectivity index (χ1n) is 8.53. The molecule has 0 bridgehead atoms. The topological polar surface area (TPSA) is 82.6 Å². The lowest BCUT2D eigenvalue weighted by Gasteiger charge is -2.37. The first-order chi connectivity index (χ1) is 11.8. The second kappa shape index (κ2) is 6.43. The van der Waals surface area contributed by atoms with Gasteiger partial charge in [0.25, 0.3) is 0 Å². The Bertz CT molecular complexity index is 790. The number of likely N-dealkylation sites (tertiary alicyclic amines) is 1. The summed E-state index contributed by atoms with van der Waals surface area (Å²) in [7, 11) is 0. The van der Waals surface area contributed by atoms with Crippen LogP contribution in [0, 0.1) is 5.92 Å². The third-order valence-corrected chi connectivity index (χ3v) is 4.60. The van der Waals surface area contributed by atoms with E-state index >= 15 is 0 Å². The van der Waals surface area contributed by atoms with Crippen LogP contribution in [0.2, 0.25) is 0 Å². The number of rotatable bonds is 2. The molecule has 1 fully saturated rings. The molecule has 0 saturated carbocycles. The number of fused-ring (bicyclic) bond motifs is 1. The molecule has 1 aromatic heterocycles. The number of nitrogens with zero attached hydrogens (tertiary/aromatic N) is 1. The number of piperidine rings is 1. The maximum atomic E-state index is 12.3. The number of benzene rings is 1.